The van der Waals surface area contributed by atoms with Gasteiger partial charge in [0.1, 0.15) is 0 Å². The van der Waals surface area contributed by atoms with Crippen LogP contribution in [0.15, 0.2) is 29.8 Å². The molecule has 1 unspecified atom stereocenters. The average molecular weight is 347 g/mol. The molecule has 0 aliphatic carbocycles. The van der Waals surface area contributed by atoms with E-state index in [1.54, 1.807) is 17.5 Å². The molecule has 24 heavy (non-hydrogen) atoms. The highest BCUT2D eigenvalue weighted by Gasteiger charge is 2.25. The van der Waals surface area contributed by atoms with Gasteiger partial charge in [0, 0.05) is 17.6 Å². The molecule has 7 heteroatoms. The van der Waals surface area contributed by atoms with Crippen LogP contribution in [0.2, 0.25) is 0 Å². The predicted molar refractivity (Wildman–Crippen MR) is 95.9 cm³/mol. The van der Waals surface area contributed by atoms with E-state index in [-0.39, 0.29) is 12.1 Å². The first kappa shape index (κ1) is 17.0. The summed E-state index contributed by atoms with van der Waals surface area (Å²) in [6, 6.07) is 6.21. The number of aromatic amines is 1. The molecule has 0 aromatic carbocycles. The summed E-state index contributed by atoms with van der Waals surface area (Å²) in [5.74, 6) is 0.802. The van der Waals surface area contributed by atoms with Crippen LogP contribution in [0.1, 0.15) is 36.4 Å². The lowest BCUT2D eigenvalue weighted by molar-refractivity contribution is 0.138. The Morgan fingerprint density at radius 3 is 2.92 bits per heavy atom. The molecule has 130 valence electrons. The SMILES string of the molecule is CC1CCN(C(CNC(=O)NCc2ccn[nH]2)c2cccs2)CC1. The topological polar surface area (TPSA) is 73.1 Å². The van der Waals surface area contributed by atoms with Gasteiger partial charge in [-0.1, -0.05) is 13.0 Å². The molecule has 0 spiro atoms. The molecule has 1 atom stereocenters. The minimum absolute atomic E-state index is 0.142. The second-order valence-corrected chi connectivity index (χ2v) is 7.37. The van der Waals surface area contributed by atoms with Gasteiger partial charge in [-0.15, -0.1) is 11.3 Å². The van der Waals surface area contributed by atoms with E-state index >= 15 is 0 Å². The minimum Gasteiger partial charge on any atom is -0.336 e. The molecule has 1 fully saturated rings. The van der Waals surface area contributed by atoms with Crippen LogP contribution in [0, 0.1) is 5.92 Å². The van der Waals surface area contributed by atoms with Crippen LogP contribution in [0.5, 0.6) is 0 Å². The summed E-state index contributed by atoms with van der Waals surface area (Å²) in [4.78, 5) is 15.9. The van der Waals surface area contributed by atoms with E-state index in [9.17, 15) is 4.79 Å². The van der Waals surface area contributed by atoms with Crippen molar-refractivity contribution in [3.05, 3.63) is 40.3 Å². The Morgan fingerprint density at radius 2 is 2.25 bits per heavy atom. The number of hydrogen-bond donors (Lipinski definition) is 3. The molecule has 6 nitrogen and oxygen atoms in total. The van der Waals surface area contributed by atoms with Gasteiger partial charge < -0.3 is 10.6 Å². The number of hydrogen-bond acceptors (Lipinski definition) is 4. The Labute approximate surface area is 146 Å². The van der Waals surface area contributed by atoms with E-state index in [0.717, 1.165) is 24.7 Å². The fraction of sp³-hybridized carbons (Fsp3) is 0.529. The largest absolute Gasteiger partial charge is 0.336 e. The third kappa shape index (κ3) is 4.58. The number of amides is 2. The quantitative estimate of drug-likeness (QED) is 0.752. The Morgan fingerprint density at radius 1 is 1.42 bits per heavy atom. The fourth-order valence-electron chi connectivity index (χ4n) is 3.04. The number of thiophene rings is 1. The second kappa shape index (κ2) is 8.30. The molecule has 2 amide bonds. The zero-order valence-corrected chi connectivity index (χ0v) is 14.8. The Hall–Kier alpha value is -1.86. The van der Waals surface area contributed by atoms with Crippen LogP contribution >= 0.6 is 11.3 Å². The highest BCUT2D eigenvalue weighted by atomic mass is 32.1. The molecule has 2 aromatic heterocycles. The van der Waals surface area contributed by atoms with Gasteiger partial charge in [0.05, 0.1) is 18.3 Å². The molecular weight excluding hydrogens is 322 g/mol. The Kier molecular flexibility index (Phi) is 5.87. The maximum absolute atomic E-state index is 12.1. The highest BCUT2D eigenvalue weighted by Crippen LogP contribution is 2.28. The van der Waals surface area contributed by atoms with Crippen molar-refractivity contribution in [2.24, 2.45) is 5.92 Å². The number of carbonyl (C=O) groups is 1. The third-order valence-corrected chi connectivity index (χ3v) is 5.56. The van der Waals surface area contributed by atoms with Gasteiger partial charge in [0.25, 0.3) is 0 Å². The number of urea groups is 1. The summed E-state index contributed by atoms with van der Waals surface area (Å²) >= 11 is 1.76. The van der Waals surface area contributed by atoms with Gasteiger partial charge in [-0.25, -0.2) is 4.79 Å². The van der Waals surface area contributed by atoms with Gasteiger partial charge in [-0.3, -0.25) is 10.00 Å². The summed E-state index contributed by atoms with van der Waals surface area (Å²) in [6.07, 6.45) is 4.14. The normalized spacial score (nSPS) is 17.5. The lowest BCUT2D eigenvalue weighted by Crippen LogP contribution is -2.44. The van der Waals surface area contributed by atoms with Crippen LogP contribution in [0.4, 0.5) is 4.79 Å². The van der Waals surface area contributed by atoms with Crippen molar-refractivity contribution in [2.45, 2.75) is 32.4 Å². The fourth-order valence-corrected chi connectivity index (χ4v) is 3.90. The second-order valence-electron chi connectivity index (χ2n) is 6.40. The molecule has 0 radical (unpaired) electrons. The smallest absolute Gasteiger partial charge is 0.315 e. The van der Waals surface area contributed by atoms with Crippen molar-refractivity contribution < 1.29 is 4.79 Å². The van der Waals surface area contributed by atoms with Gasteiger partial charge in [0.15, 0.2) is 0 Å². The monoisotopic (exact) mass is 347 g/mol. The van der Waals surface area contributed by atoms with E-state index in [1.807, 2.05) is 6.07 Å². The Bertz CT molecular complexity index is 605. The van der Waals surface area contributed by atoms with Crippen LogP contribution in [-0.4, -0.2) is 40.8 Å². The summed E-state index contributed by atoms with van der Waals surface area (Å²) < 4.78 is 0. The summed E-state index contributed by atoms with van der Waals surface area (Å²) in [6.45, 7) is 5.60. The van der Waals surface area contributed by atoms with Crippen molar-refractivity contribution in [1.82, 2.24) is 25.7 Å². The maximum Gasteiger partial charge on any atom is 0.315 e. The zero-order valence-electron chi connectivity index (χ0n) is 14.0. The molecule has 1 saturated heterocycles. The van der Waals surface area contributed by atoms with Crippen molar-refractivity contribution in [1.29, 1.82) is 0 Å². The molecule has 1 aliphatic heterocycles. The highest BCUT2D eigenvalue weighted by molar-refractivity contribution is 7.10. The number of nitrogens with zero attached hydrogens (tertiary/aromatic N) is 2. The van der Waals surface area contributed by atoms with Crippen molar-refractivity contribution in [3.8, 4) is 0 Å². The number of likely N-dealkylation sites (tertiary alicyclic amines) is 1. The molecule has 3 N–H and O–H groups in total. The minimum atomic E-state index is -0.142. The van der Waals surface area contributed by atoms with Gasteiger partial charge >= 0.3 is 6.03 Å². The number of piperidine rings is 1. The maximum atomic E-state index is 12.1. The lowest BCUT2D eigenvalue weighted by Gasteiger charge is -2.36. The average Bonchev–Trinajstić information content (AvgIpc) is 3.28. The summed E-state index contributed by atoms with van der Waals surface area (Å²) in [5.41, 5.74) is 0.893. The first-order valence-corrected chi connectivity index (χ1v) is 9.37. The predicted octanol–water partition coefficient (Wildman–Crippen LogP) is 2.74. The van der Waals surface area contributed by atoms with Crippen LogP contribution in [0.3, 0.4) is 0 Å². The number of nitrogens with one attached hydrogen (secondary N) is 3. The molecule has 1 aliphatic rings. The summed E-state index contributed by atoms with van der Waals surface area (Å²) in [7, 11) is 0. The summed E-state index contributed by atoms with van der Waals surface area (Å²) in [5, 5.41) is 14.7. The molecule has 2 aromatic rings. The van der Waals surface area contributed by atoms with E-state index in [2.05, 4.69) is 50.2 Å². The number of H-pyrrole nitrogens is 1. The molecule has 3 rings (SSSR count). The molecule has 0 bridgehead atoms. The van der Waals surface area contributed by atoms with Gasteiger partial charge in [0.2, 0.25) is 0 Å². The van der Waals surface area contributed by atoms with Crippen LogP contribution < -0.4 is 10.6 Å². The first-order valence-electron chi connectivity index (χ1n) is 8.50. The Balaban J connectivity index is 1.53. The molecule has 0 saturated carbocycles. The lowest BCUT2D eigenvalue weighted by atomic mass is 9.97. The first-order chi connectivity index (χ1) is 11.7. The molecular formula is C17H25N5OS. The van der Waals surface area contributed by atoms with Crippen molar-refractivity contribution >= 4 is 17.4 Å². The van der Waals surface area contributed by atoms with Gasteiger partial charge in [-0.05, 0) is 49.4 Å². The van der Waals surface area contributed by atoms with E-state index in [4.69, 9.17) is 0 Å². The van der Waals surface area contributed by atoms with E-state index < -0.39 is 0 Å². The number of carbonyl (C=O) groups excluding carboxylic acids is 1. The van der Waals surface area contributed by atoms with E-state index in [0.29, 0.717) is 13.1 Å². The van der Waals surface area contributed by atoms with Crippen LogP contribution in [0.25, 0.3) is 0 Å². The van der Waals surface area contributed by atoms with Crippen molar-refractivity contribution in [2.75, 3.05) is 19.6 Å². The van der Waals surface area contributed by atoms with Crippen molar-refractivity contribution in [3.63, 3.8) is 0 Å². The molecule has 3 heterocycles. The zero-order chi connectivity index (χ0) is 16.8. The van der Waals surface area contributed by atoms with Crippen LogP contribution in [-0.2, 0) is 6.54 Å². The number of rotatable bonds is 6. The number of aromatic nitrogens is 2. The van der Waals surface area contributed by atoms with Gasteiger partial charge in [-0.2, -0.15) is 5.10 Å². The standard InChI is InChI=1S/C17H25N5OS/c1-13-5-8-22(9-6-13)15(16-3-2-10-24-16)12-19-17(23)18-11-14-4-7-20-21-14/h2-4,7,10,13,15H,5-6,8-9,11-12H2,1H3,(H,20,21)(H2,18,19,23). The third-order valence-electron chi connectivity index (χ3n) is 4.58. The van der Waals surface area contributed by atoms with E-state index in [1.165, 1.54) is 17.7 Å².